The molecule has 2 saturated carbocycles. The lowest BCUT2D eigenvalue weighted by molar-refractivity contribution is -0.0132. The number of benzene rings is 3. The summed E-state index contributed by atoms with van der Waals surface area (Å²) >= 11 is 0. The molecule has 334 valence electrons. The average molecular weight is 891 g/mol. The molecule has 2 saturated heterocycles. The lowest BCUT2D eigenvalue weighted by atomic mass is 9.87. The number of nitrogens with zero attached hydrogens (tertiary/aromatic N) is 9. The van der Waals surface area contributed by atoms with Crippen molar-refractivity contribution in [3.05, 3.63) is 145 Å². The molecule has 2 bridgehead atoms. The summed E-state index contributed by atoms with van der Waals surface area (Å²) in [5.74, 6) is -0.730. The number of H-pyrrole nitrogens is 1. The van der Waals surface area contributed by atoms with Crippen LogP contribution in [0.15, 0.2) is 87.4 Å². The van der Waals surface area contributed by atoms with Crippen molar-refractivity contribution in [1.29, 1.82) is 0 Å². The molecule has 15 nitrogen and oxygen atoms in total. The van der Waals surface area contributed by atoms with Crippen molar-refractivity contribution < 1.29 is 22.8 Å². The van der Waals surface area contributed by atoms with Gasteiger partial charge >= 0.3 is 11.4 Å². The number of amides is 1. The minimum Gasteiger partial charge on any atom is -0.375 e. The van der Waals surface area contributed by atoms with Crippen LogP contribution >= 0.6 is 0 Å². The standard InChI is InChI=1S/C49H44F2N10O5/c1-25-16-33(17-26(2)41(25)50)61-43(58-14-13-57(47(58)64)38-8-5-30-23-52-53-24-34(30)42(38)51)40-35(55-61)20-32-6-9-37(40)59(32)44(62)39-19-31-18-28(29-10-15-65-48(22-29)11-12-48)4-7-36(31)60(39)49(21-27(49)3)45-54-46(63)66-56-45/h4-5,7-8,13-14,16-19,23-24,27,29,32,37H,6,9-12,15,20-22H2,1-3H3,(H,54,56,63)/t27-,29-,32+,37-,49-/m0/s1. The molecule has 1 amide bonds. The first kappa shape index (κ1) is 39.4. The van der Waals surface area contributed by atoms with E-state index in [0.717, 1.165) is 48.9 Å². The normalized spacial score (nSPS) is 23.9. The molecule has 4 fully saturated rings. The summed E-state index contributed by atoms with van der Waals surface area (Å²) in [5, 5.41) is 18.8. The molecule has 2 aliphatic carbocycles. The van der Waals surface area contributed by atoms with Crippen LogP contribution in [0.5, 0.6) is 0 Å². The van der Waals surface area contributed by atoms with Gasteiger partial charge in [-0.2, -0.15) is 15.3 Å². The van der Waals surface area contributed by atoms with Gasteiger partial charge in [0.25, 0.3) is 5.91 Å². The van der Waals surface area contributed by atoms with E-state index in [-0.39, 0.29) is 40.4 Å². The zero-order valence-electron chi connectivity index (χ0n) is 36.4. The number of aromatic nitrogens is 9. The number of ether oxygens (including phenoxy) is 1. The SMILES string of the molecule is Cc1cc(-n2nc3c(c2-n2ccn(-c4ccc5cnncc5c4F)c2=O)[C@@H]2CC[C@H](C3)N2C(=O)c2cc3cc([C@H]4CCOC5(CC5)C4)ccc3n2[C@@]2(c3noc(=O)[nH]3)C[C@@H]2C)cc(C)c1F. The second kappa shape index (κ2) is 13.8. The van der Waals surface area contributed by atoms with Crippen molar-refractivity contribution in [3.8, 4) is 17.2 Å². The van der Waals surface area contributed by atoms with Crippen LogP contribution < -0.4 is 11.4 Å². The maximum Gasteiger partial charge on any atom is 0.438 e. The zero-order valence-corrected chi connectivity index (χ0v) is 36.4. The molecule has 8 heterocycles. The van der Waals surface area contributed by atoms with Crippen LogP contribution in [0.4, 0.5) is 8.78 Å². The molecule has 5 aliphatic rings. The third kappa shape index (κ3) is 5.58. The highest BCUT2D eigenvalue weighted by molar-refractivity contribution is 6.00. The van der Waals surface area contributed by atoms with Crippen molar-refractivity contribution in [3.63, 3.8) is 0 Å². The number of carbonyl (C=O) groups is 1. The van der Waals surface area contributed by atoms with Gasteiger partial charge in [-0.15, -0.1) is 0 Å². The van der Waals surface area contributed by atoms with Crippen LogP contribution in [-0.4, -0.2) is 72.9 Å². The third-order valence-electron chi connectivity index (χ3n) is 15.4. The average Bonchev–Trinajstić information content (AvgIpc) is 3.75. The number of halogens is 2. The van der Waals surface area contributed by atoms with Gasteiger partial charge in [0.2, 0.25) is 0 Å². The summed E-state index contributed by atoms with van der Waals surface area (Å²) in [7, 11) is 0. The second-order valence-electron chi connectivity index (χ2n) is 19.2. The van der Waals surface area contributed by atoms with Gasteiger partial charge in [-0.25, -0.2) is 23.1 Å². The first-order valence-corrected chi connectivity index (χ1v) is 22.7. The lowest BCUT2D eigenvalue weighted by Crippen LogP contribution is -2.43. The van der Waals surface area contributed by atoms with E-state index >= 15 is 13.6 Å². The van der Waals surface area contributed by atoms with E-state index in [1.165, 1.54) is 39.4 Å². The molecule has 17 heteroatoms. The molecule has 1 N–H and O–H groups in total. The Morgan fingerprint density at radius 2 is 1.68 bits per heavy atom. The molecule has 5 atom stereocenters. The van der Waals surface area contributed by atoms with Crippen molar-refractivity contribution >= 4 is 27.6 Å². The van der Waals surface area contributed by atoms with E-state index in [1.54, 1.807) is 42.9 Å². The second-order valence-corrected chi connectivity index (χ2v) is 19.2. The zero-order chi connectivity index (χ0) is 45.0. The molecule has 0 radical (unpaired) electrons. The molecular formula is C49H44F2N10O5. The number of imidazole rings is 1. The van der Waals surface area contributed by atoms with E-state index in [4.69, 9.17) is 14.4 Å². The van der Waals surface area contributed by atoms with Crippen LogP contribution in [0.2, 0.25) is 0 Å². The van der Waals surface area contributed by atoms with E-state index < -0.39 is 28.8 Å². The summed E-state index contributed by atoms with van der Waals surface area (Å²) in [6, 6.07) is 14.3. The fourth-order valence-corrected chi connectivity index (χ4v) is 11.8. The summed E-state index contributed by atoms with van der Waals surface area (Å²) in [6.07, 6.45) is 12.2. The van der Waals surface area contributed by atoms with Crippen molar-refractivity contribution in [2.45, 2.75) is 101 Å². The van der Waals surface area contributed by atoms with Gasteiger partial charge in [-0.3, -0.25) is 23.4 Å². The maximum absolute atomic E-state index is 16.2. The van der Waals surface area contributed by atoms with Crippen molar-refractivity contribution in [2.24, 2.45) is 5.92 Å². The Kier molecular flexibility index (Phi) is 8.21. The van der Waals surface area contributed by atoms with Gasteiger partial charge in [0, 0.05) is 58.7 Å². The van der Waals surface area contributed by atoms with Crippen molar-refractivity contribution in [1.82, 2.24) is 48.7 Å². The smallest absolute Gasteiger partial charge is 0.375 e. The van der Waals surface area contributed by atoms with Gasteiger partial charge in [0.15, 0.2) is 11.6 Å². The highest BCUT2D eigenvalue weighted by Crippen LogP contribution is 2.57. The summed E-state index contributed by atoms with van der Waals surface area (Å²) in [4.78, 5) is 47.8. The maximum atomic E-state index is 16.2. The molecule has 0 unspecified atom stereocenters. The fraction of sp³-hybridized carbons (Fsp3) is 0.367. The number of hydrogen-bond acceptors (Lipinski definition) is 9. The Hall–Kier alpha value is -7.01. The number of aromatic amines is 1. The number of aryl methyl sites for hydroxylation is 2. The molecule has 3 aromatic carbocycles. The summed E-state index contributed by atoms with van der Waals surface area (Å²) in [5.41, 5.74) is 3.90. The monoisotopic (exact) mass is 890 g/mol. The van der Waals surface area contributed by atoms with Gasteiger partial charge < -0.3 is 14.2 Å². The predicted molar refractivity (Wildman–Crippen MR) is 236 cm³/mol. The molecular weight excluding hydrogens is 847 g/mol. The Morgan fingerprint density at radius 1 is 0.894 bits per heavy atom. The minimum absolute atomic E-state index is 0.0127. The molecule has 66 heavy (non-hydrogen) atoms. The number of hydrogen-bond donors (Lipinski definition) is 1. The first-order chi connectivity index (χ1) is 31.9. The fourth-order valence-electron chi connectivity index (χ4n) is 11.8. The number of fused-ring (bicyclic) bond motifs is 6. The Labute approximate surface area is 374 Å². The third-order valence-corrected chi connectivity index (χ3v) is 15.4. The lowest BCUT2D eigenvalue weighted by Gasteiger charge is -2.35. The number of rotatable bonds is 7. The summed E-state index contributed by atoms with van der Waals surface area (Å²) in [6.45, 7) is 6.17. The van der Waals surface area contributed by atoms with Crippen LogP contribution in [-0.2, 0) is 16.7 Å². The van der Waals surface area contributed by atoms with Gasteiger partial charge in [-0.1, -0.05) is 24.2 Å². The van der Waals surface area contributed by atoms with Crippen LogP contribution in [0, 0.1) is 31.4 Å². The van der Waals surface area contributed by atoms with E-state index in [2.05, 4.69) is 50.0 Å². The highest BCUT2D eigenvalue weighted by Gasteiger charge is 2.60. The Balaban J connectivity index is 0.969. The van der Waals surface area contributed by atoms with Gasteiger partial charge in [0.1, 0.15) is 22.9 Å². The van der Waals surface area contributed by atoms with Gasteiger partial charge in [0.05, 0.1) is 41.1 Å². The minimum atomic E-state index is -0.841. The quantitative estimate of drug-likeness (QED) is 0.172. The topological polar surface area (TPSA) is 164 Å². The molecule has 1 spiro atoms. The molecule has 5 aromatic heterocycles. The van der Waals surface area contributed by atoms with Gasteiger partial charge in [-0.05, 0) is 124 Å². The van der Waals surface area contributed by atoms with E-state index in [1.807, 2.05) is 11.0 Å². The van der Waals surface area contributed by atoms with Crippen LogP contribution in [0.1, 0.15) is 108 Å². The van der Waals surface area contributed by atoms with Crippen LogP contribution in [0.25, 0.3) is 38.9 Å². The molecule has 3 aliphatic heterocycles. The van der Waals surface area contributed by atoms with Crippen molar-refractivity contribution in [2.75, 3.05) is 6.61 Å². The first-order valence-electron chi connectivity index (χ1n) is 22.7. The van der Waals surface area contributed by atoms with E-state index in [9.17, 15) is 9.59 Å². The number of carbonyl (C=O) groups excluding carboxylic acids is 1. The largest absolute Gasteiger partial charge is 0.438 e. The summed E-state index contributed by atoms with van der Waals surface area (Å²) < 4.78 is 49.0. The Morgan fingerprint density at radius 3 is 2.44 bits per heavy atom. The predicted octanol–water partition coefficient (Wildman–Crippen LogP) is 7.40. The van der Waals surface area contributed by atoms with Crippen LogP contribution in [0.3, 0.4) is 0 Å². The number of nitrogens with one attached hydrogen (secondary N) is 1. The van der Waals surface area contributed by atoms with E-state index in [0.29, 0.717) is 76.7 Å². The molecule has 8 aromatic rings. The molecule has 13 rings (SSSR count). The Bertz CT molecular complexity index is 3480. The highest BCUT2D eigenvalue weighted by atomic mass is 19.1.